The van der Waals surface area contributed by atoms with E-state index in [2.05, 4.69) is 15.6 Å². The molecule has 0 fully saturated rings. The van der Waals surface area contributed by atoms with Crippen molar-refractivity contribution in [1.29, 1.82) is 0 Å². The number of benzene rings is 3. The van der Waals surface area contributed by atoms with E-state index in [1.165, 1.54) is 16.8 Å². The van der Waals surface area contributed by atoms with Gasteiger partial charge in [0.15, 0.2) is 0 Å². The van der Waals surface area contributed by atoms with Crippen LogP contribution in [0.4, 0.5) is 5.69 Å². The molecule has 7 nitrogen and oxygen atoms in total. The van der Waals surface area contributed by atoms with Crippen molar-refractivity contribution in [2.45, 2.75) is 0 Å². The normalized spacial score (nSPS) is 13.7. The molecule has 0 atom stereocenters. The lowest BCUT2D eigenvalue weighted by atomic mass is 9.90. The van der Waals surface area contributed by atoms with Crippen molar-refractivity contribution in [3.05, 3.63) is 89.6 Å². The molecule has 0 radical (unpaired) electrons. The molecule has 140 valence electrons. The van der Waals surface area contributed by atoms with Gasteiger partial charge in [-0.05, 0) is 36.4 Å². The number of carbonyl (C=O) groups excluding carboxylic acids is 2. The number of aromatic nitrogens is 3. The molecule has 0 bridgehead atoms. The highest BCUT2D eigenvalue weighted by molar-refractivity contribution is 6.38. The van der Waals surface area contributed by atoms with Crippen LogP contribution in [0.15, 0.2) is 78.5 Å². The summed E-state index contributed by atoms with van der Waals surface area (Å²) in [5, 5.41) is 20.8. The van der Waals surface area contributed by atoms with Crippen LogP contribution in [0.5, 0.6) is 5.75 Å². The number of Topliss-reactive ketones (excluding diaryl/α,β-unsaturated/α-hetero) is 2. The number of hydrogen-bond acceptors (Lipinski definition) is 6. The van der Waals surface area contributed by atoms with Crippen molar-refractivity contribution in [2.75, 3.05) is 5.32 Å². The van der Waals surface area contributed by atoms with E-state index in [4.69, 9.17) is 0 Å². The minimum Gasteiger partial charge on any atom is -0.508 e. The van der Waals surface area contributed by atoms with Crippen molar-refractivity contribution >= 4 is 34.0 Å². The van der Waals surface area contributed by atoms with Gasteiger partial charge in [-0.25, -0.2) is 4.68 Å². The number of nitrogens with zero attached hydrogens (tertiary/aromatic N) is 3. The van der Waals surface area contributed by atoms with E-state index >= 15 is 0 Å². The predicted octanol–water partition coefficient (Wildman–Crippen LogP) is 3.50. The first-order valence-electron chi connectivity index (χ1n) is 8.93. The van der Waals surface area contributed by atoms with Crippen molar-refractivity contribution in [2.24, 2.45) is 0 Å². The van der Waals surface area contributed by atoms with Gasteiger partial charge in [0.25, 0.3) is 0 Å². The van der Waals surface area contributed by atoms with Crippen LogP contribution < -0.4 is 5.32 Å². The van der Waals surface area contributed by atoms with Gasteiger partial charge in [0.1, 0.15) is 22.7 Å². The molecule has 3 aromatic carbocycles. The van der Waals surface area contributed by atoms with E-state index in [0.29, 0.717) is 27.8 Å². The zero-order valence-corrected chi connectivity index (χ0v) is 15.0. The molecule has 1 aliphatic carbocycles. The number of phenolic OH excluding ortho intramolecular Hbond substituents is 1. The molecule has 0 saturated heterocycles. The molecule has 1 aromatic heterocycles. The first-order chi connectivity index (χ1) is 14.1. The van der Waals surface area contributed by atoms with Crippen LogP contribution in [-0.2, 0) is 0 Å². The number of nitrogens with one attached hydrogen (secondary N) is 1. The minimum absolute atomic E-state index is 0.100. The first-order valence-corrected chi connectivity index (χ1v) is 8.93. The van der Waals surface area contributed by atoms with E-state index in [0.717, 1.165) is 0 Å². The van der Waals surface area contributed by atoms with E-state index in [9.17, 15) is 14.7 Å². The first kappa shape index (κ1) is 16.9. The van der Waals surface area contributed by atoms with Gasteiger partial charge in [-0.15, -0.1) is 5.10 Å². The molecule has 1 aliphatic rings. The summed E-state index contributed by atoms with van der Waals surface area (Å²) in [4.78, 5) is 26.7. The smallest absolute Gasteiger partial charge is 0.214 e. The molecule has 0 saturated carbocycles. The lowest BCUT2D eigenvalue weighted by Crippen LogP contribution is -2.28. The van der Waals surface area contributed by atoms with Gasteiger partial charge in [-0.2, -0.15) is 0 Å². The Morgan fingerprint density at radius 3 is 2.21 bits per heavy atom. The van der Waals surface area contributed by atoms with E-state index in [-0.39, 0.29) is 28.7 Å². The Balaban J connectivity index is 1.75. The average molecular weight is 382 g/mol. The second-order valence-corrected chi connectivity index (χ2v) is 6.59. The van der Waals surface area contributed by atoms with Gasteiger partial charge < -0.3 is 10.4 Å². The van der Waals surface area contributed by atoms with Crippen LogP contribution in [-0.4, -0.2) is 31.7 Å². The Morgan fingerprint density at radius 1 is 0.793 bits per heavy atom. The summed E-state index contributed by atoms with van der Waals surface area (Å²) in [5.41, 5.74) is 2.65. The number of phenols is 1. The monoisotopic (exact) mass is 382 g/mol. The van der Waals surface area contributed by atoms with Gasteiger partial charge in [-0.1, -0.05) is 41.6 Å². The Kier molecular flexibility index (Phi) is 3.74. The van der Waals surface area contributed by atoms with Crippen LogP contribution in [0.3, 0.4) is 0 Å². The summed E-state index contributed by atoms with van der Waals surface area (Å²) in [6.07, 6.45) is 0. The fourth-order valence-corrected chi connectivity index (χ4v) is 3.40. The summed E-state index contributed by atoms with van der Waals surface area (Å²) < 4.78 is 1.40. The summed E-state index contributed by atoms with van der Waals surface area (Å²) >= 11 is 0. The Labute approximate surface area is 164 Å². The summed E-state index contributed by atoms with van der Waals surface area (Å²) in [7, 11) is 0. The highest BCUT2D eigenvalue weighted by Crippen LogP contribution is 2.31. The van der Waals surface area contributed by atoms with Crippen LogP contribution in [0.2, 0.25) is 0 Å². The van der Waals surface area contributed by atoms with Gasteiger partial charge in [0.05, 0.1) is 5.52 Å². The van der Waals surface area contributed by atoms with Crippen LogP contribution in [0.25, 0.3) is 16.7 Å². The summed E-state index contributed by atoms with van der Waals surface area (Å²) in [5.74, 6) is -0.539. The van der Waals surface area contributed by atoms with Crippen LogP contribution >= 0.6 is 0 Å². The number of anilines is 1. The maximum absolute atomic E-state index is 13.4. The fraction of sp³-hybridized carbons (Fsp3) is 0. The largest absolute Gasteiger partial charge is 0.508 e. The quantitative estimate of drug-likeness (QED) is 0.527. The van der Waals surface area contributed by atoms with Gasteiger partial charge >= 0.3 is 0 Å². The second kappa shape index (κ2) is 6.42. The lowest BCUT2D eigenvalue weighted by Gasteiger charge is -2.22. The Morgan fingerprint density at radius 2 is 1.45 bits per heavy atom. The SMILES string of the molecule is O=C1C(Nc2ccc(O)cc2)=C(n2nnc3ccccc32)C(=O)c2ccccc21. The number of aromatic hydroxyl groups is 1. The average Bonchev–Trinajstić information content (AvgIpc) is 3.17. The molecule has 0 spiro atoms. The molecule has 29 heavy (non-hydrogen) atoms. The van der Waals surface area contributed by atoms with Crippen LogP contribution in [0, 0.1) is 0 Å². The number of allylic oxidation sites excluding steroid dienone is 2. The number of para-hydroxylation sites is 1. The fourth-order valence-electron chi connectivity index (χ4n) is 3.40. The highest BCUT2D eigenvalue weighted by atomic mass is 16.3. The van der Waals surface area contributed by atoms with Gasteiger partial charge in [0.2, 0.25) is 11.6 Å². The van der Waals surface area contributed by atoms with E-state index in [1.807, 2.05) is 12.1 Å². The standard InChI is InChI=1S/C22H14N4O3/c27-14-11-9-13(10-12-14)23-19-20(26-18-8-4-3-7-17(18)24-25-26)22(29)16-6-2-1-5-15(16)21(19)28/h1-12,23,27H. The zero-order valence-electron chi connectivity index (χ0n) is 15.0. The molecular formula is C22H14N4O3. The van der Waals surface area contributed by atoms with Crippen LogP contribution in [0.1, 0.15) is 20.7 Å². The highest BCUT2D eigenvalue weighted by Gasteiger charge is 2.34. The maximum Gasteiger partial charge on any atom is 0.214 e. The number of rotatable bonds is 3. The zero-order chi connectivity index (χ0) is 20.0. The maximum atomic E-state index is 13.4. The third-order valence-electron chi connectivity index (χ3n) is 4.80. The topological polar surface area (TPSA) is 97.1 Å². The number of fused-ring (bicyclic) bond motifs is 2. The molecule has 0 aliphatic heterocycles. The van der Waals surface area contributed by atoms with Crippen molar-refractivity contribution in [3.63, 3.8) is 0 Å². The number of hydrogen-bond donors (Lipinski definition) is 2. The summed E-state index contributed by atoms with van der Waals surface area (Å²) in [6, 6.07) is 20.2. The molecule has 0 amide bonds. The molecule has 0 unspecified atom stereocenters. The van der Waals surface area contributed by atoms with Gasteiger partial charge in [-0.3, -0.25) is 9.59 Å². The molecule has 2 N–H and O–H groups in total. The number of ketones is 2. The van der Waals surface area contributed by atoms with Crippen molar-refractivity contribution in [3.8, 4) is 5.75 Å². The molecular weight excluding hydrogens is 368 g/mol. The second-order valence-electron chi connectivity index (χ2n) is 6.59. The van der Waals surface area contributed by atoms with Crippen molar-refractivity contribution < 1.29 is 14.7 Å². The Hall–Kier alpha value is -4.26. The van der Waals surface area contributed by atoms with E-state index < -0.39 is 0 Å². The molecule has 4 aromatic rings. The summed E-state index contributed by atoms with van der Waals surface area (Å²) in [6.45, 7) is 0. The third kappa shape index (κ3) is 2.68. The Bertz CT molecular complexity index is 1320. The van der Waals surface area contributed by atoms with Crippen molar-refractivity contribution in [1.82, 2.24) is 15.0 Å². The molecule has 5 rings (SSSR count). The predicted molar refractivity (Wildman–Crippen MR) is 108 cm³/mol. The number of carbonyl (C=O) groups is 2. The minimum atomic E-state index is -0.322. The van der Waals surface area contributed by atoms with Gasteiger partial charge in [0, 0.05) is 16.8 Å². The molecule has 7 heteroatoms. The van der Waals surface area contributed by atoms with E-state index in [1.54, 1.807) is 48.5 Å². The third-order valence-corrected chi connectivity index (χ3v) is 4.80. The molecule has 1 heterocycles. The lowest BCUT2D eigenvalue weighted by molar-refractivity contribution is 0.0988.